The van der Waals surface area contributed by atoms with Gasteiger partial charge in [-0.2, -0.15) is 0 Å². The molecule has 0 radical (unpaired) electrons. The smallest absolute Gasteiger partial charge is 0.269 e. The highest BCUT2D eigenvalue weighted by molar-refractivity contribution is 5.82. The largest absolute Gasteiger partial charge is 0.481 e. The number of nitro groups is 1. The van der Waals surface area contributed by atoms with Crippen LogP contribution in [0.4, 0.5) is 5.69 Å². The van der Waals surface area contributed by atoms with Gasteiger partial charge in [-0.3, -0.25) is 19.7 Å². The van der Waals surface area contributed by atoms with Crippen LogP contribution in [-0.4, -0.2) is 40.8 Å². The lowest BCUT2D eigenvalue weighted by Gasteiger charge is -2.26. The first-order chi connectivity index (χ1) is 13.4. The number of primary amides is 1. The van der Waals surface area contributed by atoms with E-state index in [0.717, 1.165) is 5.56 Å². The van der Waals surface area contributed by atoms with Crippen molar-refractivity contribution in [3.63, 3.8) is 0 Å². The van der Waals surface area contributed by atoms with Gasteiger partial charge in [-0.05, 0) is 31.0 Å². The lowest BCUT2D eigenvalue weighted by Crippen LogP contribution is -2.43. The van der Waals surface area contributed by atoms with Crippen molar-refractivity contribution in [1.82, 2.24) is 4.90 Å². The van der Waals surface area contributed by atoms with E-state index in [4.69, 9.17) is 10.5 Å². The third kappa shape index (κ3) is 6.39. The first kappa shape index (κ1) is 20.9. The zero-order valence-corrected chi connectivity index (χ0v) is 15.6. The molecule has 0 saturated heterocycles. The lowest BCUT2D eigenvalue weighted by molar-refractivity contribution is -0.384. The summed E-state index contributed by atoms with van der Waals surface area (Å²) in [7, 11) is 0. The predicted octanol–water partition coefficient (Wildman–Crippen LogP) is 2.31. The van der Waals surface area contributed by atoms with Crippen LogP contribution in [0, 0.1) is 10.1 Å². The number of benzene rings is 2. The van der Waals surface area contributed by atoms with Crippen LogP contribution < -0.4 is 10.5 Å². The molecule has 8 nitrogen and oxygen atoms in total. The van der Waals surface area contributed by atoms with Crippen molar-refractivity contribution in [2.45, 2.75) is 25.9 Å². The zero-order chi connectivity index (χ0) is 20.5. The van der Waals surface area contributed by atoms with Crippen LogP contribution in [0.1, 0.15) is 18.9 Å². The van der Waals surface area contributed by atoms with E-state index in [1.807, 2.05) is 30.3 Å². The minimum atomic E-state index is -0.815. The predicted molar refractivity (Wildman–Crippen MR) is 104 cm³/mol. The molecule has 2 amide bonds. The fraction of sp³-hybridized carbons (Fsp3) is 0.300. The van der Waals surface area contributed by atoms with Gasteiger partial charge in [0.05, 0.1) is 4.92 Å². The van der Waals surface area contributed by atoms with Gasteiger partial charge < -0.3 is 15.4 Å². The van der Waals surface area contributed by atoms with Crippen molar-refractivity contribution in [2.24, 2.45) is 5.73 Å². The zero-order valence-electron chi connectivity index (χ0n) is 15.6. The second-order valence-electron chi connectivity index (χ2n) is 6.29. The quantitative estimate of drug-likeness (QED) is 0.498. The van der Waals surface area contributed by atoms with E-state index in [9.17, 15) is 19.7 Å². The number of amides is 2. The van der Waals surface area contributed by atoms with E-state index < -0.39 is 16.9 Å². The van der Waals surface area contributed by atoms with Crippen molar-refractivity contribution >= 4 is 17.5 Å². The summed E-state index contributed by atoms with van der Waals surface area (Å²) in [6.07, 6.45) is -0.120. The topological polar surface area (TPSA) is 116 Å². The van der Waals surface area contributed by atoms with Crippen molar-refractivity contribution in [3.8, 4) is 5.75 Å². The molecule has 2 rings (SSSR count). The Bertz CT molecular complexity index is 808. The van der Waals surface area contributed by atoms with E-state index in [1.165, 1.54) is 24.3 Å². The van der Waals surface area contributed by atoms with Crippen molar-refractivity contribution in [1.29, 1.82) is 0 Å². The molecule has 0 aliphatic carbocycles. The number of rotatable bonds is 10. The Hall–Kier alpha value is -3.42. The Morgan fingerprint density at radius 2 is 1.75 bits per heavy atom. The molecule has 0 spiro atoms. The van der Waals surface area contributed by atoms with Gasteiger partial charge in [0.1, 0.15) is 5.75 Å². The maximum absolute atomic E-state index is 12.8. The van der Waals surface area contributed by atoms with Gasteiger partial charge in [-0.15, -0.1) is 0 Å². The SMILES string of the molecule is CC(Oc1ccc([N+](=O)[O-])cc1)C(=O)N(CCC(N)=O)CCc1ccccc1. The summed E-state index contributed by atoms with van der Waals surface area (Å²) in [5.41, 5.74) is 6.24. The second kappa shape index (κ2) is 10.1. The average molecular weight is 385 g/mol. The maximum Gasteiger partial charge on any atom is 0.269 e. The van der Waals surface area contributed by atoms with Gasteiger partial charge in [0.2, 0.25) is 5.91 Å². The van der Waals surface area contributed by atoms with Gasteiger partial charge in [0, 0.05) is 31.6 Å². The number of ether oxygens (including phenoxy) is 1. The minimum absolute atomic E-state index is 0.0581. The fourth-order valence-electron chi connectivity index (χ4n) is 2.64. The summed E-state index contributed by atoms with van der Waals surface area (Å²) < 4.78 is 5.62. The Labute approximate surface area is 163 Å². The van der Waals surface area contributed by atoms with E-state index >= 15 is 0 Å². The first-order valence-electron chi connectivity index (χ1n) is 8.89. The lowest BCUT2D eigenvalue weighted by atomic mass is 10.1. The molecule has 8 heteroatoms. The van der Waals surface area contributed by atoms with Crippen LogP contribution in [0.2, 0.25) is 0 Å². The Morgan fingerprint density at radius 1 is 1.11 bits per heavy atom. The van der Waals surface area contributed by atoms with Crippen LogP contribution in [0.3, 0.4) is 0 Å². The Balaban J connectivity index is 2.01. The summed E-state index contributed by atoms with van der Waals surface area (Å²) >= 11 is 0. The minimum Gasteiger partial charge on any atom is -0.481 e. The molecule has 2 N–H and O–H groups in total. The molecule has 148 valence electrons. The third-order valence-corrected chi connectivity index (χ3v) is 4.16. The highest BCUT2D eigenvalue weighted by Crippen LogP contribution is 2.19. The number of hydrogen-bond acceptors (Lipinski definition) is 5. The van der Waals surface area contributed by atoms with Gasteiger partial charge in [-0.1, -0.05) is 30.3 Å². The molecule has 1 unspecified atom stereocenters. The van der Waals surface area contributed by atoms with E-state index in [-0.39, 0.29) is 24.6 Å². The Kier molecular flexibility index (Phi) is 7.50. The highest BCUT2D eigenvalue weighted by atomic mass is 16.6. The number of nitrogens with zero attached hydrogens (tertiary/aromatic N) is 2. The van der Waals surface area contributed by atoms with Crippen LogP contribution >= 0.6 is 0 Å². The van der Waals surface area contributed by atoms with Crippen LogP contribution in [-0.2, 0) is 16.0 Å². The van der Waals surface area contributed by atoms with Gasteiger partial charge in [0.15, 0.2) is 6.10 Å². The molecule has 28 heavy (non-hydrogen) atoms. The molecule has 2 aromatic carbocycles. The third-order valence-electron chi connectivity index (χ3n) is 4.16. The number of carbonyl (C=O) groups excluding carboxylic acids is 2. The molecular weight excluding hydrogens is 362 g/mol. The number of carbonyl (C=O) groups is 2. The normalized spacial score (nSPS) is 11.5. The number of hydrogen-bond donors (Lipinski definition) is 1. The monoisotopic (exact) mass is 385 g/mol. The van der Waals surface area contributed by atoms with Crippen molar-refractivity contribution in [2.75, 3.05) is 13.1 Å². The van der Waals surface area contributed by atoms with Gasteiger partial charge in [-0.25, -0.2) is 0 Å². The molecule has 0 fully saturated rings. The van der Waals surface area contributed by atoms with Gasteiger partial charge >= 0.3 is 0 Å². The summed E-state index contributed by atoms with van der Waals surface area (Å²) in [4.78, 5) is 35.7. The van der Waals surface area contributed by atoms with Crippen LogP contribution in [0.5, 0.6) is 5.75 Å². The highest BCUT2D eigenvalue weighted by Gasteiger charge is 2.22. The molecule has 0 bridgehead atoms. The molecular formula is C20H23N3O5. The van der Waals surface area contributed by atoms with Gasteiger partial charge in [0.25, 0.3) is 11.6 Å². The summed E-state index contributed by atoms with van der Waals surface area (Å²) in [6.45, 7) is 2.22. The maximum atomic E-state index is 12.8. The van der Waals surface area contributed by atoms with E-state index in [0.29, 0.717) is 18.7 Å². The van der Waals surface area contributed by atoms with E-state index in [2.05, 4.69) is 0 Å². The molecule has 0 aliphatic heterocycles. The molecule has 0 saturated carbocycles. The number of nitro benzene ring substituents is 1. The standard InChI is InChI=1S/C20H23N3O5/c1-15(28-18-9-7-17(8-10-18)23(26)27)20(25)22(14-12-19(21)24)13-11-16-5-3-2-4-6-16/h2-10,15H,11-14H2,1H3,(H2,21,24). The second-order valence-corrected chi connectivity index (χ2v) is 6.29. The molecule has 0 heterocycles. The molecule has 0 aromatic heterocycles. The summed E-state index contributed by atoms with van der Waals surface area (Å²) in [6, 6.07) is 15.2. The fourth-order valence-corrected chi connectivity index (χ4v) is 2.64. The van der Waals surface area contributed by atoms with Crippen molar-refractivity contribution < 1.29 is 19.2 Å². The number of non-ortho nitro benzene ring substituents is 1. The summed E-state index contributed by atoms with van der Waals surface area (Å²) in [5, 5.41) is 10.7. The first-order valence-corrected chi connectivity index (χ1v) is 8.89. The molecule has 2 aromatic rings. The van der Waals surface area contributed by atoms with Crippen LogP contribution in [0.25, 0.3) is 0 Å². The number of nitrogens with two attached hydrogens (primary N) is 1. The van der Waals surface area contributed by atoms with E-state index in [1.54, 1.807) is 11.8 Å². The Morgan fingerprint density at radius 3 is 2.32 bits per heavy atom. The molecule has 1 atom stereocenters. The van der Waals surface area contributed by atoms with Crippen molar-refractivity contribution in [3.05, 3.63) is 70.3 Å². The average Bonchev–Trinajstić information content (AvgIpc) is 2.68. The van der Waals surface area contributed by atoms with Crippen LogP contribution in [0.15, 0.2) is 54.6 Å². The molecule has 0 aliphatic rings. The summed E-state index contributed by atoms with van der Waals surface area (Å²) in [5.74, 6) is -0.415.